The number of hydrogen-bond acceptors (Lipinski definition) is 4. The molecule has 0 bridgehead atoms. The Morgan fingerprint density at radius 1 is 1.38 bits per heavy atom. The molecule has 2 N–H and O–H groups in total. The number of sulfonamides is 1. The molecular formula is C13H18BrNO5S. The lowest BCUT2D eigenvalue weighted by Gasteiger charge is -2.25. The minimum absolute atomic E-state index is 0.0837. The summed E-state index contributed by atoms with van der Waals surface area (Å²) in [6, 6.07) is 2.48. The number of carboxylic acid groups (broad SMARTS) is 1. The molecule has 0 spiro atoms. The molecule has 118 valence electrons. The Hall–Kier alpha value is -0.960. The van der Waals surface area contributed by atoms with Crippen molar-refractivity contribution in [2.45, 2.75) is 31.3 Å². The first kappa shape index (κ1) is 18.1. The van der Waals surface area contributed by atoms with Crippen molar-refractivity contribution in [1.29, 1.82) is 0 Å². The summed E-state index contributed by atoms with van der Waals surface area (Å²) in [7, 11) is -2.55. The lowest BCUT2D eigenvalue weighted by Crippen LogP contribution is -2.39. The highest BCUT2D eigenvalue weighted by Crippen LogP contribution is 2.27. The highest BCUT2D eigenvalue weighted by molar-refractivity contribution is 9.10. The van der Waals surface area contributed by atoms with Crippen LogP contribution in [0, 0.1) is 6.92 Å². The maximum Gasteiger partial charge on any atom is 0.336 e. The summed E-state index contributed by atoms with van der Waals surface area (Å²) in [5.74, 6) is -1.20. The molecule has 0 aliphatic rings. The minimum Gasteiger partial charge on any atom is -0.478 e. The smallest absolute Gasteiger partial charge is 0.336 e. The van der Waals surface area contributed by atoms with Crippen LogP contribution in [0.15, 0.2) is 21.5 Å². The highest BCUT2D eigenvalue weighted by atomic mass is 79.9. The van der Waals surface area contributed by atoms with Crippen LogP contribution in [0.5, 0.6) is 0 Å². The molecule has 0 aliphatic heterocycles. The van der Waals surface area contributed by atoms with E-state index >= 15 is 0 Å². The van der Waals surface area contributed by atoms with Crippen molar-refractivity contribution in [3.8, 4) is 0 Å². The third-order valence-electron chi connectivity index (χ3n) is 2.87. The van der Waals surface area contributed by atoms with Crippen LogP contribution >= 0.6 is 15.9 Å². The maximum atomic E-state index is 12.4. The van der Waals surface area contributed by atoms with Gasteiger partial charge in [-0.3, -0.25) is 0 Å². The molecule has 8 heteroatoms. The van der Waals surface area contributed by atoms with Crippen molar-refractivity contribution in [2.24, 2.45) is 0 Å². The molecule has 0 fully saturated rings. The molecule has 6 nitrogen and oxygen atoms in total. The van der Waals surface area contributed by atoms with Crippen LogP contribution in [-0.2, 0) is 10.0 Å². The number of nitrogens with zero attached hydrogens (tertiary/aromatic N) is 1. The quantitative estimate of drug-likeness (QED) is 0.813. The molecule has 0 aliphatic carbocycles. The van der Waals surface area contributed by atoms with Crippen molar-refractivity contribution >= 4 is 31.9 Å². The van der Waals surface area contributed by atoms with Crippen molar-refractivity contribution in [2.75, 3.05) is 13.6 Å². The van der Waals surface area contributed by atoms with Crippen LogP contribution < -0.4 is 0 Å². The van der Waals surface area contributed by atoms with Gasteiger partial charge in [-0.25, -0.2) is 13.2 Å². The minimum atomic E-state index is -3.89. The Bertz CT molecular complexity index is 664. The molecule has 1 aromatic rings. The average Bonchev–Trinajstić information content (AvgIpc) is 2.29. The summed E-state index contributed by atoms with van der Waals surface area (Å²) in [6.45, 7) is 4.47. The van der Waals surface area contributed by atoms with E-state index in [2.05, 4.69) is 15.9 Å². The predicted octanol–water partition coefficient (Wildman–Crippen LogP) is 1.85. The summed E-state index contributed by atoms with van der Waals surface area (Å²) in [5.41, 5.74) is -0.828. The standard InChI is InChI=1S/C13H18BrNO5S/c1-8-10(12(16)17)5-9(6-11(8)14)21(19,20)15(4)7-13(2,3)18/h5-6,18H,7H2,1-4H3,(H,16,17). The second kappa shape index (κ2) is 6.04. The predicted molar refractivity (Wildman–Crippen MR) is 82.0 cm³/mol. The van der Waals surface area contributed by atoms with E-state index in [0.717, 1.165) is 10.4 Å². The highest BCUT2D eigenvalue weighted by Gasteiger charge is 2.28. The summed E-state index contributed by atoms with van der Waals surface area (Å²) in [4.78, 5) is 11.0. The molecule has 0 heterocycles. The van der Waals surface area contributed by atoms with Gasteiger partial charge in [-0.1, -0.05) is 15.9 Å². The molecule has 0 amide bonds. The lowest BCUT2D eigenvalue weighted by atomic mass is 10.1. The largest absolute Gasteiger partial charge is 0.478 e. The Morgan fingerprint density at radius 3 is 2.33 bits per heavy atom. The first-order chi connectivity index (χ1) is 9.36. The zero-order valence-corrected chi connectivity index (χ0v) is 14.6. The molecule has 0 unspecified atom stereocenters. The Morgan fingerprint density at radius 2 is 1.90 bits per heavy atom. The van der Waals surface area contributed by atoms with Gasteiger partial charge in [0, 0.05) is 18.1 Å². The van der Waals surface area contributed by atoms with E-state index in [-0.39, 0.29) is 17.0 Å². The van der Waals surface area contributed by atoms with E-state index in [9.17, 15) is 18.3 Å². The lowest BCUT2D eigenvalue weighted by molar-refractivity contribution is 0.0638. The van der Waals surface area contributed by atoms with Gasteiger partial charge in [0.25, 0.3) is 0 Å². The number of aromatic carboxylic acids is 1. The van der Waals surface area contributed by atoms with E-state index < -0.39 is 21.6 Å². The van der Waals surface area contributed by atoms with Crippen LogP contribution in [0.1, 0.15) is 29.8 Å². The molecule has 0 saturated heterocycles. The van der Waals surface area contributed by atoms with Gasteiger partial charge in [-0.2, -0.15) is 4.31 Å². The first-order valence-electron chi connectivity index (χ1n) is 6.08. The van der Waals surface area contributed by atoms with Crippen LogP contribution in [-0.4, -0.2) is 48.1 Å². The van der Waals surface area contributed by atoms with Crippen molar-refractivity contribution in [3.63, 3.8) is 0 Å². The molecule has 0 atom stereocenters. The second-order valence-corrected chi connectivity index (χ2v) is 8.36. The zero-order chi connectivity index (χ0) is 16.6. The fraction of sp³-hybridized carbons (Fsp3) is 0.462. The average molecular weight is 380 g/mol. The van der Waals surface area contributed by atoms with E-state index in [4.69, 9.17) is 5.11 Å². The Kier molecular flexibility index (Phi) is 5.20. The number of benzene rings is 1. The fourth-order valence-corrected chi connectivity index (χ4v) is 3.83. The van der Waals surface area contributed by atoms with Gasteiger partial charge in [0.1, 0.15) is 0 Å². The molecule has 0 radical (unpaired) electrons. The number of hydrogen-bond donors (Lipinski definition) is 2. The van der Waals surface area contributed by atoms with Gasteiger partial charge < -0.3 is 10.2 Å². The van der Waals surface area contributed by atoms with Gasteiger partial charge in [0.15, 0.2) is 0 Å². The number of likely N-dealkylation sites (N-methyl/N-ethyl adjacent to an activating group) is 1. The van der Waals surface area contributed by atoms with Crippen molar-refractivity contribution in [3.05, 3.63) is 27.7 Å². The van der Waals surface area contributed by atoms with Crippen molar-refractivity contribution < 1.29 is 23.4 Å². The van der Waals surface area contributed by atoms with Gasteiger partial charge in [0.2, 0.25) is 10.0 Å². The van der Waals surface area contributed by atoms with E-state index in [1.54, 1.807) is 6.92 Å². The molecule has 21 heavy (non-hydrogen) atoms. The molecule has 1 rings (SSSR count). The van der Waals surface area contributed by atoms with E-state index in [1.165, 1.54) is 27.0 Å². The van der Waals surface area contributed by atoms with E-state index in [1.807, 2.05) is 0 Å². The normalized spacial score (nSPS) is 12.7. The number of rotatable bonds is 5. The zero-order valence-electron chi connectivity index (χ0n) is 12.2. The van der Waals surface area contributed by atoms with Gasteiger partial charge in [0.05, 0.1) is 16.1 Å². The van der Waals surface area contributed by atoms with Gasteiger partial charge >= 0.3 is 5.97 Å². The number of carbonyl (C=O) groups is 1. The Balaban J connectivity index is 3.36. The van der Waals surface area contributed by atoms with Crippen LogP contribution in [0.2, 0.25) is 0 Å². The topological polar surface area (TPSA) is 94.9 Å². The maximum absolute atomic E-state index is 12.4. The van der Waals surface area contributed by atoms with Gasteiger partial charge in [-0.05, 0) is 38.5 Å². The van der Waals surface area contributed by atoms with Crippen LogP contribution in [0.3, 0.4) is 0 Å². The molecule has 1 aromatic carbocycles. The number of halogens is 1. The Labute approximate surface area is 132 Å². The monoisotopic (exact) mass is 379 g/mol. The van der Waals surface area contributed by atoms with Crippen LogP contribution in [0.25, 0.3) is 0 Å². The third kappa shape index (κ3) is 4.26. The fourth-order valence-electron chi connectivity index (χ4n) is 1.83. The molecular weight excluding hydrogens is 362 g/mol. The summed E-state index contributed by atoms with van der Waals surface area (Å²) < 4.78 is 26.3. The number of carboxylic acids is 1. The molecule has 0 saturated carbocycles. The summed E-state index contributed by atoms with van der Waals surface area (Å²) >= 11 is 3.17. The first-order valence-corrected chi connectivity index (χ1v) is 8.32. The van der Waals surface area contributed by atoms with Crippen molar-refractivity contribution in [1.82, 2.24) is 4.31 Å². The SMILES string of the molecule is Cc1c(Br)cc(S(=O)(=O)N(C)CC(C)(C)O)cc1C(=O)O. The molecule has 0 aromatic heterocycles. The third-order valence-corrected chi connectivity index (χ3v) is 5.47. The van der Waals surface area contributed by atoms with Gasteiger partial charge in [-0.15, -0.1) is 0 Å². The number of aliphatic hydroxyl groups is 1. The summed E-state index contributed by atoms with van der Waals surface area (Å²) in [6.07, 6.45) is 0. The van der Waals surface area contributed by atoms with Crippen LogP contribution in [0.4, 0.5) is 0 Å². The summed E-state index contributed by atoms with van der Waals surface area (Å²) in [5, 5.41) is 18.9. The van der Waals surface area contributed by atoms with E-state index in [0.29, 0.717) is 10.0 Å². The second-order valence-electron chi connectivity index (χ2n) is 5.46.